The molecule has 0 aliphatic carbocycles. The molecule has 2 heterocycles. The Balaban J connectivity index is 1.65. The van der Waals surface area contributed by atoms with Gasteiger partial charge in [-0.15, -0.1) is 0 Å². The number of aromatic nitrogens is 3. The van der Waals surface area contributed by atoms with Crippen LogP contribution in [-0.4, -0.2) is 18.9 Å². The number of halogens is 1. The highest BCUT2D eigenvalue weighted by molar-refractivity contribution is 6.30. The van der Waals surface area contributed by atoms with Crippen molar-refractivity contribution >= 4 is 34.1 Å². The summed E-state index contributed by atoms with van der Waals surface area (Å²) < 4.78 is 4.22. The molecule has 0 bridgehead atoms. The number of rotatable bonds is 4. The van der Waals surface area contributed by atoms with E-state index in [0.717, 1.165) is 33.6 Å². The zero-order chi connectivity index (χ0) is 20.0. The third-order valence-electron chi connectivity index (χ3n) is 4.99. The third-order valence-corrected chi connectivity index (χ3v) is 5.24. The van der Waals surface area contributed by atoms with Gasteiger partial charge in [-0.2, -0.15) is 0 Å². The van der Waals surface area contributed by atoms with E-state index in [1.54, 1.807) is 12.1 Å². The lowest BCUT2D eigenvalue weighted by atomic mass is 10.1. The summed E-state index contributed by atoms with van der Waals surface area (Å²) in [6, 6.07) is 22.4. The van der Waals surface area contributed by atoms with E-state index in [4.69, 9.17) is 16.6 Å². The van der Waals surface area contributed by atoms with Crippen LogP contribution >= 0.6 is 11.6 Å². The highest BCUT2D eigenvalue weighted by Gasteiger charge is 2.15. The smallest absolute Gasteiger partial charge is 0.269 e. The highest BCUT2D eigenvalue weighted by Crippen LogP contribution is 2.27. The number of fused-ring (bicyclic) bond motifs is 3. The summed E-state index contributed by atoms with van der Waals surface area (Å²) in [5.74, 6) is 0.814. The minimum atomic E-state index is -0.402. The summed E-state index contributed by atoms with van der Waals surface area (Å²) in [6.45, 7) is 0.658. The van der Waals surface area contributed by atoms with Gasteiger partial charge in [-0.3, -0.25) is 14.5 Å². The molecule has 0 amide bonds. The fourth-order valence-corrected chi connectivity index (χ4v) is 3.69. The predicted molar refractivity (Wildman–Crippen MR) is 113 cm³/mol. The molecule has 142 valence electrons. The number of nitro benzene ring substituents is 1. The van der Waals surface area contributed by atoms with Gasteiger partial charge in [-0.1, -0.05) is 35.9 Å². The Morgan fingerprint density at radius 1 is 0.931 bits per heavy atom. The van der Waals surface area contributed by atoms with Crippen LogP contribution in [0.4, 0.5) is 5.69 Å². The van der Waals surface area contributed by atoms with Crippen LogP contribution in [0.25, 0.3) is 28.1 Å². The van der Waals surface area contributed by atoms with E-state index < -0.39 is 4.92 Å². The van der Waals surface area contributed by atoms with Crippen molar-refractivity contribution in [3.63, 3.8) is 0 Å². The first-order valence-corrected chi connectivity index (χ1v) is 9.43. The van der Waals surface area contributed by atoms with Crippen LogP contribution in [0.3, 0.4) is 0 Å². The maximum absolute atomic E-state index is 10.9. The number of non-ortho nitro benzene ring substituents is 1. The maximum Gasteiger partial charge on any atom is 0.269 e. The van der Waals surface area contributed by atoms with E-state index in [-0.39, 0.29) is 5.69 Å². The first kappa shape index (κ1) is 17.5. The summed E-state index contributed by atoms with van der Waals surface area (Å²) in [6.07, 6.45) is 1.97. The molecule has 0 saturated heterocycles. The highest BCUT2D eigenvalue weighted by atomic mass is 35.5. The standard InChI is InChI=1S/C22H15ClN4O2/c23-17-9-5-15(6-10-17)13-25-20-3-1-2-4-21(20)26-14-19(24-22(25)26)16-7-11-18(12-8-16)27(28)29/h1-12,14H,13H2. The van der Waals surface area contributed by atoms with Crippen LogP contribution < -0.4 is 0 Å². The number of para-hydroxylation sites is 2. The van der Waals surface area contributed by atoms with Crippen molar-refractivity contribution in [3.05, 3.63) is 99.7 Å². The van der Waals surface area contributed by atoms with Crippen LogP contribution in [0.15, 0.2) is 79.0 Å². The number of hydrogen-bond acceptors (Lipinski definition) is 3. The zero-order valence-corrected chi connectivity index (χ0v) is 16.0. The summed E-state index contributed by atoms with van der Waals surface area (Å²) in [5.41, 5.74) is 4.93. The van der Waals surface area contributed by atoms with Crippen molar-refractivity contribution in [2.75, 3.05) is 0 Å². The molecule has 0 fully saturated rings. The third kappa shape index (κ3) is 3.03. The first-order valence-electron chi connectivity index (χ1n) is 9.06. The topological polar surface area (TPSA) is 65.4 Å². The molecule has 0 unspecified atom stereocenters. The fourth-order valence-electron chi connectivity index (χ4n) is 3.56. The fraction of sp³-hybridized carbons (Fsp3) is 0.0455. The molecule has 0 atom stereocenters. The SMILES string of the molecule is O=[N+]([O-])c1ccc(-c2cn3c4ccccc4n(Cc4ccc(Cl)cc4)c3n2)cc1. The Bertz CT molecular complexity index is 1350. The number of benzene rings is 3. The molecule has 0 saturated carbocycles. The van der Waals surface area contributed by atoms with E-state index >= 15 is 0 Å². The minimum absolute atomic E-state index is 0.0650. The maximum atomic E-state index is 10.9. The second kappa shape index (κ2) is 6.76. The van der Waals surface area contributed by atoms with Crippen molar-refractivity contribution in [3.8, 4) is 11.3 Å². The largest absolute Gasteiger partial charge is 0.305 e. The van der Waals surface area contributed by atoms with Gasteiger partial charge in [0.2, 0.25) is 5.78 Å². The van der Waals surface area contributed by atoms with E-state index in [0.29, 0.717) is 11.6 Å². The summed E-state index contributed by atoms with van der Waals surface area (Å²) >= 11 is 6.02. The van der Waals surface area contributed by atoms with Crippen molar-refractivity contribution in [2.24, 2.45) is 0 Å². The number of nitrogens with zero attached hydrogens (tertiary/aromatic N) is 4. The number of imidazole rings is 2. The van der Waals surface area contributed by atoms with Gasteiger partial charge in [0.25, 0.3) is 5.69 Å². The first-order chi connectivity index (χ1) is 14.1. The van der Waals surface area contributed by atoms with E-state index in [1.807, 2.05) is 42.6 Å². The Morgan fingerprint density at radius 3 is 2.31 bits per heavy atom. The van der Waals surface area contributed by atoms with Crippen molar-refractivity contribution in [1.82, 2.24) is 14.0 Å². The van der Waals surface area contributed by atoms with Gasteiger partial charge >= 0.3 is 0 Å². The Morgan fingerprint density at radius 2 is 1.62 bits per heavy atom. The van der Waals surface area contributed by atoms with Gasteiger partial charge in [0, 0.05) is 28.9 Å². The summed E-state index contributed by atoms with van der Waals surface area (Å²) in [4.78, 5) is 15.3. The Hall–Kier alpha value is -3.64. The molecule has 6 nitrogen and oxygen atoms in total. The lowest BCUT2D eigenvalue weighted by Gasteiger charge is -2.06. The van der Waals surface area contributed by atoms with Crippen LogP contribution in [0, 0.1) is 10.1 Å². The van der Waals surface area contributed by atoms with Gasteiger partial charge in [-0.25, -0.2) is 4.98 Å². The molecule has 7 heteroatoms. The molecule has 0 N–H and O–H groups in total. The molecule has 0 aliphatic rings. The normalized spacial score (nSPS) is 11.3. The summed E-state index contributed by atoms with van der Waals surface area (Å²) in [7, 11) is 0. The Labute approximate surface area is 170 Å². The van der Waals surface area contributed by atoms with Crippen LogP contribution in [0.5, 0.6) is 0 Å². The molecule has 5 rings (SSSR count). The number of hydrogen-bond donors (Lipinski definition) is 0. The second-order valence-corrected chi connectivity index (χ2v) is 7.24. The second-order valence-electron chi connectivity index (χ2n) is 6.80. The molecule has 29 heavy (non-hydrogen) atoms. The molecule has 3 aromatic carbocycles. The summed E-state index contributed by atoms with van der Waals surface area (Å²) in [5, 5.41) is 11.6. The predicted octanol–water partition coefficient (Wildman–Crippen LogP) is 5.57. The van der Waals surface area contributed by atoms with Gasteiger partial charge in [0.05, 0.1) is 28.2 Å². The minimum Gasteiger partial charge on any atom is -0.305 e. The average Bonchev–Trinajstić information content (AvgIpc) is 3.29. The van der Waals surface area contributed by atoms with Crippen LogP contribution in [-0.2, 0) is 6.54 Å². The van der Waals surface area contributed by atoms with Crippen molar-refractivity contribution in [1.29, 1.82) is 0 Å². The quantitative estimate of drug-likeness (QED) is 0.291. The lowest BCUT2D eigenvalue weighted by molar-refractivity contribution is -0.384. The van der Waals surface area contributed by atoms with Gasteiger partial charge in [0.15, 0.2) is 0 Å². The molecule has 5 aromatic rings. The zero-order valence-electron chi connectivity index (χ0n) is 15.2. The van der Waals surface area contributed by atoms with Crippen molar-refractivity contribution in [2.45, 2.75) is 6.54 Å². The molecule has 0 radical (unpaired) electrons. The number of nitro groups is 1. The lowest BCUT2D eigenvalue weighted by Crippen LogP contribution is -2.00. The van der Waals surface area contributed by atoms with Crippen LogP contribution in [0.2, 0.25) is 5.02 Å². The molecule has 2 aromatic heterocycles. The molecular weight excluding hydrogens is 388 g/mol. The van der Waals surface area contributed by atoms with E-state index in [2.05, 4.69) is 21.1 Å². The average molecular weight is 403 g/mol. The van der Waals surface area contributed by atoms with E-state index in [1.165, 1.54) is 12.1 Å². The van der Waals surface area contributed by atoms with Gasteiger partial charge in [-0.05, 0) is 42.0 Å². The van der Waals surface area contributed by atoms with Crippen molar-refractivity contribution < 1.29 is 4.92 Å². The Kier molecular flexibility index (Phi) is 4.07. The van der Waals surface area contributed by atoms with Gasteiger partial charge < -0.3 is 4.57 Å². The van der Waals surface area contributed by atoms with E-state index in [9.17, 15) is 10.1 Å². The monoisotopic (exact) mass is 402 g/mol. The molecule has 0 aliphatic heterocycles. The van der Waals surface area contributed by atoms with Gasteiger partial charge in [0.1, 0.15) is 0 Å². The molecule has 0 spiro atoms. The van der Waals surface area contributed by atoms with Crippen LogP contribution in [0.1, 0.15) is 5.56 Å². The molecular formula is C22H15ClN4O2.